The quantitative estimate of drug-likeness (QED) is 0.468. The lowest BCUT2D eigenvalue weighted by Gasteiger charge is -2.36. The van der Waals surface area contributed by atoms with Crippen molar-refractivity contribution in [1.82, 2.24) is 24.4 Å². The fourth-order valence-corrected chi connectivity index (χ4v) is 4.59. The van der Waals surface area contributed by atoms with E-state index in [1.165, 1.54) is 18.4 Å². The van der Waals surface area contributed by atoms with Crippen LogP contribution < -0.4 is 10.6 Å². The van der Waals surface area contributed by atoms with Crippen molar-refractivity contribution in [3.05, 3.63) is 48.0 Å². The van der Waals surface area contributed by atoms with Crippen molar-refractivity contribution in [3.8, 4) is 0 Å². The molecule has 1 saturated carbocycles. The van der Waals surface area contributed by atoms with Gasteiger partial charge in [0, 0.05) is 50.7 Å². The van der Waals surface area contributed by atoms with Crippen LogP contribution in [0, 0.1) is 0 Å². The second-order valence-electron chi connectivity index (χ2n) is 9.37. The Kier molecular flexibility index (Phi) is 6.63. The van der Waals surface area contributed by atoms with Crippen molar-refractivity contribution in [2.45, 2.75) is 44.2 Å². The fourth-order valence-electron chi connectivity index (χ4n) is 4.59. The number of fused-ring (bicyclic) bond motifs is 1. The highest BCUT2D eigenvalue weighted by Crippen LogP contribution is 2.39. The number of piperidine rings is 1. The topological polar surface area (TPSA) is 119 Å². The smallest absolute Gasteiger partial charge is 0.248 e. The van der Waals surface area contributed by atoms with E-state index in [0.29, 0.717) is 24.6 Å². The van der Waals surface area contributed by atoms with E-state index >= 15 is 0 Å². The van der Waals surface area contributed by atoms with Gasteiger partial charge in [0.25, 0.3) is 0 Å². The zero-order valence-corrected chi connectivity index (χ0v) is 20.0. The lowest BCUT2D eigenvalue weighted by Crippen LogP contribution is -2.47. The van der Waals surface area contributed by atoms with E-state index < -0.39 is 5.91 Å². The van der Waals surface area contributed by atoms with Gasteiger partial charge in [-0.2, -0.15) is 0 Å². The molecule has 3 heterocycles. The maximum Gasteiger partial charge on any atom is 0.248 e. The van der Waals surface area contributed by atoms with E-state index in [0.717, 1.165) is 42.9 Å². The predicted octanol–water partition coefficient (Wildman–Crippen LogP) is 1.95. The highest BCUT2D eigenvalue weighted by molar-refractivity contribution is 5.96. The van der Waals surface area contributed by atoms with Crippen LogP contribution in [0.2, 0.25) is 0 Å². The molecule has 2 aliphatic rings. The number of primary amides is 1. The molecule has 184 valence electrons. The monoisotopic (exact) mass is 477 g/mol. The molecule has 1 aliphatic carbocycles. The van der Waals surface area contributed by atoms with Crippen LogP contribution in [0.1, 0.15) is 47.5 Å². The molecule has 2 aromatic heterocycles. The Balaban J connectivity index is 1.06. The Morgan fingerprint density at radius 2 is 1.86 bits per heavy atom. The average molecular weight is 478 g/mol. The van der Waals surface area contributed by atoms with Crippen molar-refractivity contribution in [3.63, 3.8) is 0 Å². The summed E-state index contributed by atoms with van der Waals surface area (Å²) in [5, 5.41) is 0. The number of ether oxygens (including phenoxy) is 1. The van der Waals surface area contributed by atoms with Crippen LogP contribution in [0.15, 0.2) is 36.9 Å². The summed E-state index contributed by atoms with van der Waals surface area (Å²) in [5.74, 6) is 0.931. The van der Waals surface area contributed by atoms with Crippen LogP contribution in [0.5, 0.6) is 0 Å². The zero-order chi connectivity index (χ0) is 24.4. The van der Waals surface area contributed by atoms with Gasteiger partial charge in [0.15, 0.2) is 0 Å². The van der Waals surface area contributed by atoms with Gasteiger partial charge < -0.3 is 24.8 Å². The number of hydrogen-bond donors (Lipinski definition) is 1. The molecule has 0 spiro atoms. The maximum absolute atomic E-state index is 12.7. The molecular formula is C25H31N7O3. The Bertz CT molecular complexity index is 1200. The normalized spacial score (nSPS) is 16.5. The van der Waals surface area contributed by atoms with Crippen molar-refractivity contribution in [2.75, 3.05) is 38.3 Å². The third-order valence-electron chi connectivity index (χ3n) is 7.00. The lowest BCUT2D eigenvalue weighted by molar-refractivity contribution is -0.137. The Morgan fingerprint density at radius 1 is 1.11 bits per heavy atom. The van der Waals surface area contributed by atoms with Gasteiger partial charge in [0.05, 0.1) is 24.0 Å². The largest absolute Gasteiger partial charge is 0.370 e. The first kappa shape index (κ1) is 23.2. The van der Waals surface area contributed by atoms with Crippen molar-refractivity contribution in [2.24, 2.45) is 5.73 Å². The number of amides is 2. The number of anilines is 1. The molecule has 5 rings (SSSR count). The van der Waals surface area contributed by atoms with E-state index in [-0.39, 0.29) is 18.6 Å². The molecule has 2 amide bonds. The molecule has 0 bridgehead atoms. The van der Waals surface area contributed by atoms with Gasteiger partial charge in [0.1, 0.15) is 6.61 Å². The van der Waals surface area contributed by atoms with Crippen LogP contribution in [-0.2, 0) is 16.1 Å². The average Bonchev–Trinajstić information content (AvgIpc) is 3.66. The van der Waals surface area contributed by atoms with Crippen LogP contribution in [0.3, 0.4) is 0 Å². The number of nitrogens with zero attached hydrogens (tertiary/aromatic N) is 6. The Morgan fingerprint density at radius 3 is 2.54 bits per heavy atom. The minimum Gasteiger partial charge on any atom is -0.370 e. The van der Waals surface area contributed by atoms with E-state index in [1.807, 2.05) is 24.0 Å². The lowest BCUT2D eigenvalue weighted by atomic mass is 10.0. The van der Waals surface area contributed by atoms with E-state index in [4.69, 9.17) is 10.5 Å². The van der Waals surface area contributed by atoms with Crippen LogP contribution in [0.4, 0.5) is 5.95 Å². The highest BCUT2D eigenvalue weighted by atomic mass is 16.5. The molecule has 2 N–H and O–H groups in total. The molecule has 3 aromatic rings. The summed E-state index contributed by atoms with van der Waals surface area (Å²) >= 11 is 0. The highest BCUT2D eigenvalue weighted by Gasteiger charge is 2.28. The first-order valence-corrected chi connectivity index (χ1v) is 12.1. The van der Waals surface area contributed by atoms with Crippen molar-refractivity contribution >= 4 is 28.8 Å². The molecular weight excluding hydrogens is 446 g/mol. The first-order valence-electron chi connectivity index (χ1n) is 12.1. The van der Waals surface area contributed by atoms with Gasteiger partial charge in [-0.05, 0) is 55.4 Å². The number of aromatic nitrogens is 4. The fraction of sp³-hybridized carbons (Fsp3) is 0.480. The van der Waals surface area contributed by atoms with Gasteiger partial charge >= 0.3 is 0 Å². The molecule has 35 heavy (non-hydrogen) atoms. The summed E-state index contributed by atoms with van der Waals surface area (Å²) in [7, 11) is 1.85. The van der Waals surface area contributed by atoms with Gasteiger partial charge in [0.2, 0.25) is 17.8 Å². The Labute approximate surface area is 204 Å². The van der Waals surface area contributed by atoms with Crippen LogP contribution in [-0.4, -0.2) is 75.6 Å². The molecule has 10 heteroatoms. The molecule has 1 aliphatic heterocycles. The summed E-state index contributed by atoms with van der Waals surface area (Å²) in [6.07, 6.45) is 9.86. The standard InChI is InChI=1S/C25H31N7O3/c1-30(20-6-8-31(9-7-20)25-27-13-19(14-28-25)17-2-3-17)23(33)15-35-11-10-32-16-29-21-5-4-18(24(26)34)12-22(21)32/h4-5,12-14,16-17,20H,2-3,6-11,15H2,1H3,(H2,26,34). The predicted molar refractivity (Wildman–Crippen MR) is 131 cm³/mol. The number of rotatable bonds is 9. The van der Waals surface area contributed by atoms with E-state index in [1.54, 1.807) is 29.4 Å². The van der Waals surface area contributed by atoms with Gasteiger partial charge in [-0.25, -0.2) is 15.0 Å². The number of nitrogens with two attached hydrogens (primary N) is 1. The molecule has 10 nitrogen and oxygen atoms in total. The number of carbonyl (C=O) groups is 2. The summed E-state index contributed by atoms with van der Waals surface area (Å²) in [4.78, 5) is 41.6. The summed E-state index contributed by atoms with van der Waals surface area (Å²) in [6, 6.07) is 5.34. The number of benzene rings is 1. The third kappa shape index (κ3) is 5.27. The van der Waals surface area contributed by atoms with E-state index in [2.05, 4.69) is 19.9 Å². The maximum atomic E-state index is 12.7. The molecule has 1 aromatic carbocycles. The van der Waals surface area contributed by atoms with Crippen LogP contribution >= 0.6 is 0 Å². The molecule has 2 fully saturated rings. The third-order valence-corrected chi connectivity index (χ3v) is 7.00. The molecule has 0 atom stereocenters. The SMILES string of the molecule is CN(C(=O)COCCn1cnc2ccc(C(N)=O)cc21)C1CCN(c2ncc(C3CC3)cn2)CC1. The summed E-state index contributed by atoms with van der Waals surface area (Å²) in [5.41, 5.74) is 8.65. The zero-order valence-electron chi connectivity index (χ0n) is 20.0. The molecule has 0 unspecified atom stereocenters. The second-order valence-corrected chi connectivity index (χ2v) is 9.37. The molecule has 0 radical (unpaired) electrons. The van der Waals surface area contributed by atoms with Gasteiger partial charge in [-0.1, -0.05) is 0 Å². The number of carbonyl (C=O) groups excluding carboxylic acids is 2. The Hall–Kier alpha value is -3.53. The number of hydrogen-bond acceptors (Lipinski definition) is 7. The van der Waals surface area contributed by atoms with Gasteiger partial charge in [-0.15, -0.1) is 0 Å². The van der Waals surface area contributed by atoms with E-state index in [9.17, 15) is 9.59 Å². The minimum absolute atomic E-state index is 0.0278. The molecule has 1 saturated heterocycles. The van der Waals surface area contributed by atoms with Crippen molar-refractivity contribution < 1.29 is 14.3 Å². The summed E-state index contributed by atoms with van der Waals surface area (Å²) in [6.45, 7) is 2.56. The first-order chi connectivity index (χ1) is 17.0. The second kappa shape index (κ2) is 9.99. The number of imidazole rings is 1. The number of likely N-dealkylation sites (N-methyl/N-ethyl adjacent to an activating group) is 1. The summed E-state index contributed by atoms with van der Waals surface area (Å²) < 4.78 is 7.57. The van der Waals surface area contributed by atoms with Crippen molar-refractivity contribution in [1.29, 1.82) is 0 Å². The van der Waals surface area contributed by atoms with Crippen LogP contribution in [0.25, 0.3) is 11.0 Å². The van der Waals surface area contributed by atoms with Gasteiger partial charge in [-0.3, -0.25) is 9.59 Å². The minimum atomic E-state index is -0.477.